The molecular formula is C7H20Ir2N2O-2. The minimum atomic E-state index is 0. The summed E-state index contributed by atoms with van der Waals surface area (Å²) in [5, 5.41) is 0. The van der Waals surface area contributed by atoms with E-state index >= 15 is 0 Å². The van der Waals surface area contributed by atoms with Crippen molar-refractivity contribution in [1.82, 2.24) is 5.43 Å². The molecule has 0 spiro atoms. The number of rotatable bonds is 2. The van der Waals surface area contributed by atoms with Crippen molar-refractivity contribution >= 4 is 0 Å². The smallest absolute Gasteiger partial charge is 0 e. The molecule has 84 valence electrons. The Morgan fingerprint density at radius 3 is 1.50 bits per heavy atom. The molecule has 0 aromatic rings. The maximum absolute atomic E-state index is 7.50. The van der Waals surface area contributed by atoms with Gasteiger partial charge in [0.05, 0.1) is 0 Å². The molecule has 0 atom stereocenters. The molecule has 0 aliphatic carbocycles. The van der Waals surface area contributed by atoms with Crippen LogP contribution in [-0.4, -0.2) is 6.54 Å². The summed E-state index contributed by atoms with van der Waals surface area (Å²) in [6.07, 6.45) is 1.88. The molecule has 2 N–H and O–H groups in total. The molecule has 0 amide bonds. The van der Waals surface area contributed by atoms with Crippen LogP contribution in [0.3, 0.4) is 0 Å². The Hall–Kier alpha value is 0.959. The van der Waals surface area contributed by atoms with Crippen molar-refractivity contribution in [1.29, 1.82) is 0 Å². The Kier molecular flexibility index (Phi) is 399. The molecule has 0 bridgehead atoms. The van der Waals surface area contributed by atoms with Crippen molar-refractivity contribution < 1.29 is 44.9 Å². The predicted octanol–water partition coefficient (Wildman–Crippen LogP) is 2.63. The summed E-state index contributed by atoms with van der Waals surface area (Å²) in [4.78, 5) is 0. The predicted molar refractivity (Wildman–Crippen MR) is 46.4 cm³/mol. The van der Waals surface area contributed by atoms with Gasteiger partial charge in [0.15, 0.2) is 0 Å². The SMILES string of the molecule is C.C.C.C[CH-]CN[NH-].[C-]#[O+].[Ir].[Ir]. The average molecular weight is 533 g/mol. The van der Waals surface area contributed by atoms with Gasteiger partial charge < -0.3 is 17.7 Å². The van der Waals surface area contributed by atoms with Gasteiger partial charge in [0, 0.05) is 40.2 Å². The number of hydrogen-bond acceptors (Lipinski definition) is 1. The molecule has 0 aromatic heterocycles. The molecule has 0 saturated carbocycles. The number of hydrogen-bond donors (Lipinski definition) is 1. The van der Waals surface area contributed by atoms with Gasteiger partial charge in [-0.1, -0.05) is 22.3 Å². The van der Waals surface area contributed by atoms with Crippen LogP contribution >= 0.6 is 0 Å². The van der Waals surface area contributed by atoms with Crippen LogP contribution in [0, 0.1) is 13.1 Å². The first-order valence-electron chi connectivity index (χ1n) is 1.79. The third-order valence-corrected chi connectivity index (χ3v) is 0.306. The van der Waals surface area contributed by atoms with E-state index in [9.17, 15) is 0 Å². The second-order valence-electron chi connectivity index (χ2n) is 0.789. The van der Waals surface area contributed by atoms with Crippen molar-refractivity contribution in [3.63, 3.8) is 0 Å². The van der Waals surface area contributed by atoms with E-state index in [1.54, 1.807) is 0 Å². The summed E-state index contributed by atoms with van der Waals surface area (Å²) < 4.78 is 7.50. The van der Waals surface area contributed by atoms with Crippen molar-refractivity contribution in [2.75, 3.05) is 6.54 Å². The molecular weight excluding hydrogens is 513 g/mol. The summed E-state index contributed by atoms with van der Waals surface area (Å²) in [5.74, 6) is 6.32. The van der Waals surface area contributed by atoms with Gasteiger partial charge in [0.25, 0.3) is 0 Å². The Balaban J connectivity index is -0.00000000671. The van der Waals surface area contributed by atoms with Gasteiger partial charge in [-0.05, 0) is 0 Å². The molecule has 12 heavy (non-hydrogen) atoms. The Morgan fingerprint density at radius 2 is 1.50 bits per heavy atom. The molecule has 0 aliphatic rings. The largest absolute Gasteiger partial charge is 0 e. The standard InChI is InChI=1S/C3H8N2.CO.3CH4.2Ir/c1-2-3-5-4;1-2;;;;;/h2,4-5H,3H2,1H3;;3*1H4;;/q-2;;;;;;. The van der Waals surface area contributed by atoms with Gasteiger partial charge in [-0.25, -0.2) is 0 Å². The van der Waals surface area contributed by atoms with Crippen molar-refractivity contribution in [3.8, 4) is 0 Å². The number of nitrogens with one attached hydrogen (secondary N) is 2. The molecule has 0 fully saturated rings. The van der Waals surface area contributed by atoms with Gasteiger partial charge in [0.1, 0.15) is 0 Å². The van der Waals surface area contributed by atoms with Gasteiger partial charge >= 0.3 is 11.3 Å². The first-order valence-corrected chi connectivity index (χ1v) is 1.79. The van der Waals surface area contributed by atoms with E-state index in [0.29, 0.717) is 6.54 Å². The molecule has 0 rings (SSSR count). The normalized spacial score (nSPS) is 3.67. The average Bonchev–Trinajstić information content (AvgIpc) is 1.75. The van der Waals surface area contributed by atoms with Gasteiger partial charge in [-0.15, -0.1) is 6.54 Å². The fourth-order valence-electron chi connectivity index (χ4n) is 0.102. The summed E-state index contributed by atoms with van der Waals surface area (Å²) >= 11 is 0. The van der Waals surface area contributed by atoms with Crippen LogP contribution in [0.2, 0.25) is 0 Å². The van der Waals surface area contributed by atoms with Crippen LogP contribution in [0.15, 0.2) is 0 Å². The molecule has 2 radical (unpaired) electrons. The maximum Gasteiger partial charge on any atom is 0 e. The summed E-state index contributed by atoms with van der Waals surface area (Å²) in [6, 6.07) is 0. The zero-order valence-electron chi connectivity index (χ0n) is 4.86. The summed E-state index contributed by atoms with van der Waals surface area (Å²) in [6.45, 7) is 7.08. The minimum absolute atomic E-state index is 0. The molecule has 0 saturated heterocycles. The van der Waals surface area contributed by atoms with Gasteiger partial charge in [-0.3, -0.25) is 0 Å². The molecule has 0 aromatic carbocycles. The molecule has 0 heterocycles. The van der Waals surface area contributed by atoms with E-state index < -0.39 is 0 Å². The van der Waals surface area contributed by atoms with Crippen molar-refractivity contribution in [2.45, 2.75) is 29.2 Å². The fraction of sp³-hybridized carbons (Fsp3) is 0.714. The maximum atomic E-state index is 7.50. The second kappa shape index (κ2) is 91.6. The van der Waals surface area contributed by atoms with E-state index in [2.05, 4.69) is 12.1 Å². The van der Waals surface area contributed by atoms with Gasteiger partial charge in [-0.2, -0.15) is 6.92 Å². The van der Waals surface area contributed by atoms with E-state index in [4.69, 9.17) is 10.5 Å². The topological polar surface area (TPSA) is 55.7 Å². The second-order valence-corrected chi connectivity index (χ2v) is 0.789. The first-order chi connectivity index (χ1) is 3.41. The van der Waals surface area contributed by atoms with E-state index in [1.165, 1.54) is 0 Å². The third kappa shape index (κ3) is 124. The summed E-state index contributed by atoms with van der Waals surface area (Å²) in [7, 11) is 0. The molecule has 0 aliphatic heterocycles. The molecule has 0 unspecified atom stereocenters. The zero-order chi connectivity index (χ0) is 6.12. The van der Waals surface area contributed by atoms with Crippen molar-refractivity contribution in [3.05, 3.63) is 18.9 Å². The van der Waals surface area contributed by atoms with Crippen molar-refractivity contribution in [2.24, 2.45) is 0 Å². The van der Waals surface area contributed by atoms with E-state index in [0.717, 1.165) is 0 Å². The molecule has 3 nitrogen and oxygen atoms in total. The quantitative estimate of drug-likeness (QED) is 0.332. The monoisotopic (exact) mass is 534 g/mol. The molecule has 5 heteroatoms. The van der Waals surface area contributed by atoms with Crippen LogP contribution in [0.1, 0.15) is 29.2 Å². The Bertz CT molecular complexity index is 43.6. The Labute approximate surface area is 105 Å². The first kappa shape index (κ1) is 52.2. The van der Waals surface area contributed by atoms with Crippen LogP contribution in [0.25, 0.3) is 5.84 Å². The van der Waals surface area contributed by atoms with Crippen LogP contribution in [0.5, 0.6) is 0 Å². The van der Waals surface area contributed by atoms with Crippen LogP contribution in [0.4, 0.5) is 0 Å². The van der Waals surface area contributed by atoms with E-state index in [-0.39, 0.29) is 62.5 Å². The van der Waals surface area contributed by atoms with E-state index in [1.807, 2.05) is 13.3 Å². The summed E-state index contributed by atoms with van der Waals surface area (Å²) in [5.41, 5.74) is 2.21. The fourth-order valence-corrected chi connectivity index (χ4v) is 0.102. The zero-order valence-corrected chi connectivity index (χ0v) is 9.65. The minimum Gasteiger partial charge on any atom is 0 e. The van der Waals surface area contributed by atoms with Gasteiger partial charge in [0.2, 0.25) is 0 Å². The van der Waals surface area contributed by atoms with Crippen LogP contribution < -0.4 is 5.43 Å². The third-order valence-electron chi connectivity index (χ3n) is 0.306. The van der Waals surface area contributed by atoms with Crippen LogP contribution in [-0.2, 0) is 44.9 Å². The Morgan fingerprint density at radius 1 is 1.25 bits per heavy atom.